The predicted molar refractivity (Wildman–Crippen MR) is 67.3 cm³/mol. The van der Waals surface area contributed by atoms with Gasteiger partial charge in [0.25, 0.3) is 0 Å². The van der Waals surface area contributed by atoms with Crippen molar-refractivity contribution in [1.29, 1.82) is 0 Å². The van der Waals surface area contributed by atoms with Crippen LogP contribution in [0.1, 0.15) is 32.6 Å². The van der Waals surface area contributed by atoms with Gasteiger partial charge < -0.3 is 10.6 Å². The highest BCUT2D eigenvalue weighted by atomic mass is 16.2. The predicted octanol–water partition coefficient (Wildman–Crippen LogP) is 1.54. The van der Waals surface area contributed by atoms with Gasteiger partial charge in [-0.15, -0.1) is 0 Å². The Hall–Kier alpha value is -0.830. The van der Waals surface area contributed by atoms with E-state index in [1.54, 1.807) is 0 Å². The second-order valence-corrected chi connectivity index (χ2v) is 6.04. The smallest absolute Gasteiger partial charge is 0.227 e. The maximum absolute atomic E-state index is 12.6. The second-order valence-electron chi connectivity index (χ2n) is 6.04. The van der Waals surface area contributed by atoms with Gasteiger partial charge in [-0.25, -0.2) is 0 Å². The van der Waals surface area contributed by atoms with Gasteiger partial charge in [-0.05, 0) is 44.4 Å². The molecule has 2 fully saturated rings. The number of hydrogen-bond acceptors (Lipinski definition) is 2. The van der Waals surface area contributed by atoms with E-state index in [4.69, 9.17) is 5.73 Å². The monoisotopic (exact) mass is 234 g/mol. The summed E-state index contributed by atoms with van der Waals surface area (Å²) >= 11 is 0. The minimum Gasteiger partial charge on any atom is -0.338 e. The first-order valence-corrected chi connectivity index (χ1v) is 6.87. The first-order chi connectivity index (χ1) is 8.16. The summed E-state index contributed by atoms with van der Waals surface area (Å²) in [6.45, 7) is 3.82. The first kappa shape index (κ1) is 11.3. The highest BCUT2D eigenvalue weighted by Gasteiger charge is 2.50. The molecule has 3 rings (SSSR count). The van der Waals surface area contributed by atoms with Crippen LogP contribution >= 0.6 is 0 Å². The average molecular weight is 234 g/mol. The number of nitrogens with zero attached hydrogens (tertiary/aromatic N) is 1. The zero-order valence-corrected chi connectivity index (χ0v) is 10.6. The van der Waals surface area contributed by atoms with Crippen molar-refractivity contribution in [2.45, 2.75) is 38.6 Å². The van der Waals surface area contributed by atoms with E-state index < -0.39 is 0 Å². The minimum atomic E-state index is 0.125. The van der Waals surface area contributed by atoms with Crippen molar-refractivity contribution in [3.8, 4) is 0 Å². The molecular weight excluding hydrogens is 212 g/mol. The fourth-order valence-corrected chi connectivity index (χ4v) is 4.01. The zero-order valence-electron chi connectivity index (χ0n) is 10.6. The van der Waals surface area contributed by atoms with E-state index in [2.05, 4.69) is 13.0 Å². The molecule has 0 saturated heterocycles. The fraction of sp³-hybridized carbons (Fsp3) is 0.786. The van der Waals surface area contributed by atoms with Crippen LogP contribution in [0.15, 0.2) is 11.6 Å². The van der Waals surface area contributed by atoms with Gasteiger partial charge in [-0.3, -0.25) is 4.79 Å². The maximum Gasteiger partial charge on any atom is 0.227 e. The van der Waals surface area contributed by atoms with Crippen LogP contribution in [0.2, 0.25) is 0 Å². The quantitative estimate of drug-likeness (QED) is 0.700. The lowest BCUT2D eigenvalue weighted by Gasteiger charge is -2.34. The van der Waals surface area contributed by atoms with Gasteiger partial charge in [0.05, 0.1) is 5.92 Å². The molecule has 2 N–H and O–H groups in total. The largest absolute Gasteiger partial charge is 0.338 e. The number of rotatable bonds is 1. The Kier molecular flexibility index (Phi) is 2.74. The third kappa shape index (κ3) is 1.81. The van der Waals surface area contributed by atoms with Crippen LogP contribution in [0.25, 0.3) is 0 Å². The van der Waals surface area contributed by atoms with E-state index in [9.17, 15) is 4.79 Å². The Morgan fingerprint density at radius 1 is 1.41 bits per heavy atom. The number of amides is 1. The molecule has 0 aromatic rings. The molecule has 3 aliphatic rings. The summed E-state index contributed by atoms with van der Waals surface area (Å²) in [6, 6.07) is 0.132. The van der Waals surface area contributed by atoms with Crippen molar-refractivity contribution in [3.05, 3.63) is 11.6 Å². The Bertz CT molecular complexity index is 361. The van der Waals surface area contributed by atoms with Crippen molar-refractivity contribution < 1.29 is 4.79 Å². The van der Waals surface area contributed by atoms with Gasteiger partial charge >= 0.3 is 0 Å². The van der Waals surface area contributed by atoms with E-state index in [1.807, 2.05) is 4.90 Å². The van der Waals surface area contributed by atoms with Crippen LogP contribution in [0.5, 0.6) is 0 Å². The van der Waals surface area contributed by atoms with Crippen molar-refractivity contribution in [2.24, 2.45) is 23.5 Å². The molecule has 1 amide bonds. The molecule has 0 aromatic carbocycles. The molecule has 0 spiro atoms. The standard InChI is InChI=1S/C14H22N2O/c1-9-3-2-6-16(8-9)14(17)12-10-4-5-11(7-10)13(12)15/h3,10-13H,2,4-8,15H2,1H3. The zero-order chi connectivity index (χ0) is 12.0. The average Bonchev–Trinajstić information content (AvgIpc) is 2.88. The summed E-state index contributed by atoms with van der Waals surface area (Å²) in [7, 11) is 0. The van der Waals surface area contributed by atoms with Crippen molar-refractivity contribution in [1.82, 2.24) is 4.90 Å². The molecule has 2 saturated carbocycles. The van der Waals surface area contributed by atoms with Crippen LogP contribution in [-0.4, -0.2) is 29.9 Å². The number of carbonyl (C=O) groups excluding carboxylic acids is 1. The summed E-state index contributed by atoms with van der Waals surface area (Å²) in [4.78, 5) is 14.6. The third-order valence-electron chi connectivity index (χ3n) is 4.91. The molecule has 0 radical (unpaired) electrons. The Morgan fingerprint density at radius 3 is 2.82 bits per heavy atom. The normalized spacial score (nSPS) is 40.6. The van der Waals surface area contributed by atoms with Gasteiger partial charge in [0.1, 0.15) is 0 Å². The van der Waals surface area contributed by atoms with Gasteiger partial charge in [-0.1, -0.05) is 11.6 Å². The van der Waals surface area contributed by atoms with E-state index >= 15 is 0 Å². The highest BCUT2D eigenvalue weighted by molar-refractivity contribution is 5.81. The molecule has 1 heterocycles. The van der Waals surface area contributed by atoms with Crippen molar-refractivity contribution in [2.75, 3.05) is 13.1 Å². The number of nitrogens with two attached hydrogens (primary N) is 1. The van der Waals surface area contributed by atoms with Gasteiger partial charge in [0, 0.05) is 19.1 Å². The second kappa shape index (κ2) is 4.13. The van der Waals surface area contributed by atoms with Crippen LogP contribution in [0.4, 0.5) is 0 Å². The molecule has 2 bridgehead atoms. The summed E-state index contributed by atoms with van der Waals surface area (Å²) in [5.41, 5.74) is 7.56. The Morgan fingerprint density at radius 2 is 2.18 bits per heavy atom. The van der Waals surface area contributed by atoms with E-state index in [0.29, 0.717) is 17.7 Å². The molecule has 94 valence electrons. The van der Waals surface area contributed by atoms with Gasteiger partial charge in [0.15, 0.2) is 0 Å². The lowest BCUT2D eigenvalue weighted by Crippen LogP contribution is -2.48. The maximum atomic E-state index is 12.6. The van der Waals surface area contributed by atoms with Crippen molar-refractivity contribution in [3.63, 3.8) is 0 Å². The third-order valence-corrected chi connectivity index (χ3v) is 4.91. The topological polar surface area (TPSA) is 46.3 Å². The van der Waals surface area contributed by atoms with E-state index in [0.717, 1.165) is 19.5 Å². The molecule has 17 heavy (non-hydrogen) atoms. The van der Waals surface area contributed by atoms with Gasteiger partial charge in [-0.2, -0.15) is 0 Å². The number of fused-ring (bicyclic) bond motifs is 2. The van der Waals surface area contributed by atoms with Crippen LogP contribution in [0.3, 0.4) is 0 Å². The van der Waals surface area contributed by atoms with Crippen LogP contribution < -0.4 is 5.73 Å². The molecule has 3 heteroatoms. The molecule has 4 atom stereocenters. The Labute approximate surface area is 103 Å². The minimum absolute atomic E-state index is 0.125. The lowest BCUT2D eigenvalue weighted by atomic mass is 9.83. The molecular formula is C14H22N2O. The molecule has 4 unspecified atom stereocenters. The summed E-state index contributed by atoms with van der Waals surface area (Å²) < 4.78 is 0. The Balaban J connectivity index is 1.72. The highest BCUT2D eigenvalue weighted by Crippen LogP contribution is 2.48. The van der Waals surface area contributed by atoms with Gasteiger partial charge in [0.2, 0.25) is 5.91 Å². The van der Waals surface area contributed by atoms with E-state index in [1.165, 1.54) is 24.8 Å². The number of carbonyl (C=O) groups is 1. The SMILES string of the molecule is CC1=CCCN(C(=O)C2C3CCC(C3)C2N)C1. The van der Waals surface area contributed by atoms with Crippen molar-refractivity contribution >= 4 is 5.91 Å². The summed E-state index contributed by atoms with van der Waals surface area (Å²) in [6.07, 6.45) is 6.91. The molecule has 3 nitrogen and oxygen atoms in total. The summed E-state index contributed by atoms with van der Waals surface area (Å²) in [5, 5.41) is 0. The molecule has 2 aliphatic carbocycles. The molecule has 0 aromatic heterocycles. The van der Waals surface area contributed by atoms with E-state index in [-0.39, 0.29) is 12.0 Å². The van der Waals surface area contributed by atoms with Crippen LogP contribution in [0, 0.1) is 17.8 Å². The number of hydrogen-bond donors (Lipinski definition) is 1. The molecule has 1 aliphatic heterocycles. The summed E-state index contributed by atoms with van der Waals surface area (Å²) in [5.74, 6) is 1.65. The first-order valence-electron chi connectivity index (χ1n) is 6.87. The lowest BCUT2D eigenvalue weighted by molar-refractivity contribution is -0.137. The fourth-order valence-electron chi connectivity index (χ4n) is 4.01. The van der Waals surface area contributed by atoms with Crippen LogP contribution in [-0.2, 0) is 4.79 Å².